The molecule has 1 unspecified atom stereocenters. The van der Waals surface area contributed by atoms with E-state index in [4.69, 9.17) is 14.2 Å². The van der Waals surface area contributed by atoms with E-state index in [-0.39, 0.29) is 31.1 Å². The van der Waals surface area contributed by atoms with Gasteiger partial charge in [-0.3, -0.25) is 14.4 Å². The van der Waals surface area contributed by atoms with Gasteiger partial charge in [0.15, 0.2) is 6.10 Å². The Balaban J connectivity index is 4.29. The first-order valence-corrected chi connectivity index (χ1v) is 29.3. The topological polar surface area (TPSA) is 78.9 Å². The second kappa shape index (κ2) is 59.8. The first-order valence-electron chi connectivity index (χ1n) is 29.3. The Hall–Kier alpha value is -4.71. The standard InChI is InChI=1S/C67H106O6/c1-4-7-10-13-16-19-21-23-25-26-27-28-29-30-31-32-33-34-35-36-37-38-39-40-41-42-43-45-46-48-51-54-57-60-66(69)72-63-64(62-71-65(68)59-56-53-50-18-15-12-9-6-3)73-67(70)61-58-55-52-49-47-44-24-22-20-17-14-11-8-5-2/h7,10,14,16-17,19,22-25,27-28,30-31,33-34,36-37,39-40,42-43,46,48,64H,4-6,8-9,11-13,15,18,20-21,26,29,32,35,38,41,44-45,47,49-63H2,1-3H3/b10-7-,17-14-,19-16-,24-22-,25-23-,28-27-,31-30-,34-33-,37-36-,40-39-,43-42-,48-46-. The monoisotopic (exact) mass is 1010 g/mol. The van der Waals surface area contributed by atoms with Crippen molar-refractivity contribution in [2.45, 2.75) is 245 Å². The summed E-state index contributed by atoms with van der Waals surface area (Å²) in [7, 11) is 0. The molecule has 0 saturated carbocycles. The van der Waals surface area contributed by atoms with E-state index in [0.717, 1.165) is 141 Å². The van der Waals surface area contributed by atoms with Crippen molar-refractivity contribution in [3.8, 4) is 0 Å². The number of esters is 3. The van der Waals surface area contributed by atoms with Crippen LogP contribution in [-0.2, 0) is 28.6 Å². The smallest absolute Gasteiger partial charge is 0.306 e. The first kappa shape index (κ1) is 68.3. The molecule has 0 aromatic carbocycles. The van der Waals surface area contributed by atoms with Gasteiger partial charge in [-0.1, -0.05) is 244 Å². The zero-order valence-electron chi connectivity index (χ0n) is 46.8. The maximum absolute atomic E-state index is 12.8. The SMILES string of the molecule is CC/C=C\C/C=C\C/C=C\C/C=C\C/C=C\C/C=C\C/C=C\C/C=C\C/C=C\C/C=C\CCCCC(=O)OCC(COC(=O)CCCCCCCCCC)OC(=O)CCCCCCC/C=C\C/C=C\CCCC. The van der Waals surface area contributed by atoms with E-state index in [0.29, 0.717) is 25.7 Å². The van der Waals surface area contributed by atoms with Crippen LogP contribution in [0.3, 0.4) is 0 Å². The Labute approximate surface area is 448 Å². The van der Waals surface area contributed by atoms with Crippen molar-refractivity contribution in [3.63, 3.8) is 0 Å². The summed E-state index contributed by atoms with van der Waals surface area (Å²) in [6.45, 7) is 6.39. The molecule has 0 radical (unpaired) electrons. The molecular formula is C67H106O6. The Bertz CT molecular complexity index is 1630. The van der Waals surface area contributed by atoms with Crippen LogP contribution in [-0.4, -0.2) is 37.2 Å². The van der Waals surface area contributed by atoms with Crippen molar-refractivity contribution in [3.05, 3.63) is 146 Å². The molecule has 0 heterocycles. The molecule has 73 heavy (non-hydrogen) atoms. The van der Waals surface area contributed by atoms with Crippen molar-refractivity contribution in [2.24, 2.45) is 0 Å². The molecule has 0 N–H and O–H groups in total. The highest BCUT2D eigenvalue weighted by Crippen LogP contribution is 2.13. The van der Waals surface area contributed by atoms with E-state index in [1.807, 2.05) is 0 Å². The Kier molecular flexibility index (Phi) is 56.0. The van der Waals surface area contributed by atoms with Crippen LogP contribution in [0.25, 0.3) is 0 Å². The molecule has 0 amide bonds. The van der Waals surface area contributed by atoms with Gasteiger partial charge in [-0.05, 0) is 122 Å². The zero-order valence-corrected chi connectivity index (χ0v) is 46.8. The highest BCUT2D eigenvalue weighted by atomic mass is 16.6. The van der Waals surface area contributed by atoms with E-state index in [1.54, 1.807) is 0 Å². The summed E-state index contributed by atoms with van der Waals surface area (Å²) in [5.74, 6) is -0.973. The van der Waals surface area contributed by atoms with Crippen molar-refractivity contribution in [2.75, 3.05) is 13.2 Å². The van der Waals surface area contributed by atoms with Gasteiger partial charge in [-0.2, -0.15) is 0 Å². The van der Waals surface area contributed by atoms with Gasteiger partial charge in [0.05, 0.1) is 0 Å². The molecule has 0 bridgehead atoms. The van der Waals surface area contributed by atoms with Crippen LogP contribution < -0.4 is 0 Å². The van der Waals surface area contributed by atoms with Gasteiger partial charge in [0.1, 0.15) is 13.2 Å². The van der Waals surface area contributed by atoms with Gasteiger partial charge in [0.2, 0.25) is 0 Å². The maximum atomic E-state index is 12.8. The van der Waals surface area contributed by atoms with E-state index < -0.39 is 6.10 Å². The Morgan fingerprint density at radius 3 is 0.904 bits per heavy atom. The largest absolute Gasteiger partial charge is 0.462 e. The van der Waals surface area contributed by atoms with Crippen LogP contribution in [0.15, 0.2) is 146 Å². The number of carbonyl (C=O) groups excluding carboxylic acids is 3. The lowest BCUT2D eigenvalue weighted by Gasteiger charge is -2.18. The number of rotatable bonds is 51. The summed E-state index contributed by atoms with van der Waals surface area (Å²) >= 11 is 0. The predicted octanol–water partition coefficient (Wildman–Crippen LogP) is 20.0. The zero-order chi connectivity index (χ0) is 52.9. The summed E-state index contributed by atoms with van der Waals surface area (Å²) in [4.78, 5) is 37.9. The molecule has 0 aliphatic carbocycles. The van der Waals surface area contributed by atoms with Crippen molar-refractivity contribution >= 4 is 17.9 Å². The number of hydrogen-bond donors (Lipinski definition) is 0. The predicted molar refractivity (Wildman–Crippen MR) is 315 cm³/mol. The molecule has 410 valence electrons. The molecule has 0 aliphatic rings. The minimum atomic E-state index is -0.805. The summed E-state index contributed by atoms with van der Waals surface area (Å²) in [6.07, 6.45) is 85.8. The number of hydrogen-bond acceptors (Lipinski definition) is 6. The summed E-state index contributed by atoms with van der Waals surface area (Å²) in [6, 6.07) is 0. The van der Waals surface area contributed by atoms with Crippen LogP contribution in [0.1, 0.15) is 239 Å². The average Bonchev–Trinajstić information content (AvgIpc) is 3.39. The second-order valence-corrected chi connectivity index (χ2v) is 18.8. The maximum Gasteiger partial charge on any atom is 0.306 e. The van der Waals surface area contributed by atoms with Gasteiger partial charge in [0.25, 0.3) is 0 Å². The first-order chi connectivity index (χ1) is 36.0. The van der Waals surface area contributed by atoms with Gasteiger partial charge in [-0.15, -0.1) is 0 Å². The number of allylic oxidation sites excluding steroid dienone is 24. The molecule has 0 aromatic heterocycles. The van der Waals surface area contributed by atoms with Gasteiger partial charge in [0, 0.05) is 19.3 Å². The van der Waals surface area contributed by atoms with Crippen molar-refractivity contribution < 1.29 is 28.6 Å². The quantitative estimate of drug-likeness (QED) is 0.0261. The van der Waals surface area contributed by atoms with Crippen molar-refractivity contribution in [1.29, 1.82) is 0 Å². The highest BCUT2D eigenvalue weighted by Gasteiger charge is 2.19. The van der Waals surface area contributed by atoms with Crippen LogP contribution in [0.5, 0.6) is 0 Å². The summed E-state index contributed by atoms with van der Waals surface area (Å²) < 4.78 is 16.7. The van der Waals surface area contributed by atoms with Crippen LogP contribution in [0.4, 0.5) is 0 Å². The summed E-state index contributed by atoms with van der Waals surface area (Å²) in [5, 5.41) is 0. The lowest BCUT2D eigenvalue weighted by molar-refractivity contribution is -0.167. The number of carbonyl (C=O) groups is 3. The Morgan fingerprint density at radius 2 is 0.548 bits per heavy atom. The van der Waals surface area contributed by atoms with Gasteiger partial charge < -0.3 is 14.2 Å². The van der Waals surface area contributed by atoms with Gasteiger partial charge in [-0.25, -0.2) is 0 Å². The second-order valence-electron chi connectivity index (χ2n) is 18.8. The molecular weight excluding hydrogens is 901 g/mol. The minimum Gasteiger partial charge on any atom is -0.462 e. The minimum absolute atomic E-state index is 0.101. The molecule has 6 nitrogen and oxygen atoms in total. The van der Waals surface area contributed by atoms with Crippen LogP contribution in [0.2, 0.25) is 0 Å². The molecule has 0 spiro atoms. The summed E-state index contributed by atoms with van der Waals surface area (Å²) in [5.41, 5.74) is 0. The fourth-order valence-electron chi connectivity index (χ4n) is 7.43. The van der Waals surface area contributed by atoms with Crippen LogP contribution >= 0.6 is 0 Å². The third-order valence-corrected chi connectivity index (χ3v) is 11.8. The third-order valence-electron chi connectivity index (χ3n) is 11.8. The molecule has 0 rings (SSSR count). The van der Waals surface area contributed by atoms with Crippen molar-refractivity contribution in [1.82, 2.24) is 0 Å². The van der Waals surface area contributed by atoms with E-state index >= 15 is 0 Å². The van der Waals surface area contributed by atoms with Gasteiger partial charge >= 0.3 is 17.9 Å². The molecule has 0 fully saturated rings. The normalized spacial score (nSPS) is 13.2. The molecule has 0 aromatic rings. The molecule has 1 atom stereocenters. The number of unbranched alkanes of at least 4 members (excludes halogenated alkanes) is 16. The molecule has 6 heteroatoms. The number of ether oxygens (including phenoxy) is 3. The van der Waals surface area contributed by atoms with E-state index in [2.05, 4.69) is 167 Å². The van der Waals surface area contributed by atoms with Crippen LogP contribution in [0, 0.1) is 0 Å². The fraction of sp³-hybridized carbons (Fsp3) is 0.597. The lowest BCUT2D eigenvalue weighted by Crippen LogP contribution is -2.30. The highest BCUT2D eigenvalue weighted by molar-refractivity contribution is 5.71. The van der Waals surface area contributed by atoms with E-state index in [1.165, 1.54) is 51.4 Å². The van der Waals surface area contributed by atoms with E-state index in [9.17, 15) is 14.4 Å². The fourth-order valence-corrected chi connectivity index (χ4v) is 7.43. The third kappa shape index (κ3) is 58.1. The Morgan fingerprint density at radius 1 is 0.288 bits per heavy atom. The lowest BCUT2D eigenvalue weighted by atomic mass is 10.1. The molecule has 0 aliphatic heterocycles. The average molecular weight is 1010 g/mol. The molecule has 0 saturated heterocycles.